The zero-order chi connectivity index (χ0) is 19.6. The molecule has 8 nitrogen and oxygen atoms in total. The number of hydrogen-bond acceptors (Lipinski definition) is 6. The summed E-state index contributed by atoms with van der Waals surface area (Å²) in [4.78, 5) is 24.7. The molecule has 0 atom stereocenters. The number of esters is 1. The summed E-state index contributed by atoms with van der Waals surface area (Å²) < 4.78 is 12.0. The summed E-state index contributed by atoms with van der Waals surface area (Å²) in [7, 11) is 1.79. The van der Waals surface area contributed by atoms with Crippen molar-refractivity contribution in [2.24, 2.45) is 7.05 Å². The summed E-state index contributed by atoms with van der Waals surface area (Å²) in [5, 5.41) is 10.9. The van der Waals surface area contributed by atoms with E-state index in [9.17, 15) is 9.59 Å². The molecule has 0 saturated heterocycles. The van der Waals surface area contributed by atoms with E-state index in [1.807, 2.05) is 37.3 Å². The second kappa shape index (κ2) is 7.45. The second-order valence-corrected chi connectivity index (χ2v) is 6.12. The Labute approximate surface area is 156 Å². The molecule has 0 bridgehead atoms. The van der Waals surface area contributed by atoms with E-state index in [1.165, 1.54) is 0 Å². The monoisotopic (exact) mass is 368 g/mol. The molecule has 27 heavy (non-hydrogen) atoms. The van der Waals surface area contributed by atoms with Crippen LogP contribution in [0.15, 0.2) is 34.9 Å². The Morgan fingerprint density at radius 3 is 2.52 bits per heavy atom. The van der Waals surface area contributed by atoms with Gasteiger partial charge in [0.2, 0.25) is 0 Å². The smallest absolute Gasteiger partial charge is 0.344 e. The van der Waals surface area contributed by atoms with Gasteiger partial charge in [0.05, 0.1) is 17.1 Å². The molecule has 0 aliphatic carbocycles. The Morgan fingerprint density at radius 1 is 1.19 bits per heavy atom. The van der Waals surface area contributed by atoms with E-state index in [-0.39, 0.29) is 5.56 Å². The van der Waals surface area contributed by atoms with Crippen LogP contribution in [0.5, 0.6) is 0 Å². The van der Waals surface area contributed by atoms with Crippen LogP contribution < -0.4 is 5.32 Å². The largest absolute Gasteiger partial charge is 0.452 e. The number of amides is 1. The number of benzene rings is 1. The third-order valence-corrected chi connectivity index (χ3v) is 4.22. The van der Waals surface area contributed by atoms with E-state index in [0.717, 1.165) is 11.3 Å². The van der Waals surface area contributed by atoms with Crippen LogP contribution >= 0.6 is 0 Å². The quantitative estimate of drug-likeness (QED) is 0.695. The number of ether oxygens (including phenoxy) is 1. The number of hydrogen-bond donors (Lipinski definition) is 1. The Hall–Kier alpha value is -3.42. The Morgan fingerprint density at radius 2 is 1.89 bits per heavy atom. The van der Waals surface area contributed by atoms with Gasteiger partial charge in [0.25, 0.3) is 5.91 Å². The topological polar surface area (TPSA) is 99.2 Å². The van der Waals surface area contributed by atoms with Gasteiger partial charge in [0, 0.05) is 12.6 Å². The minimum atomic E-state index is -0.664. The van der Waals surface area contributed by atoms with Crippen LogP contribution in [0.3, 0.4) is 0 Å². The molecule has 140 valence electrons. The summed E-state index contributed by atoms with van der Waals surface area (Å²) in [5.74, 6) is -0.779. The van der Waals surface area contributed by atoms with E-state index in [1.54, 1.807) is 25.6 Å². The lowest BCUT2D eigenvalue weighted by molar-refractivity contribution is -0.119. The van der Waals surface area contributed by atoms with Crippen LogP contribution in [0.4, 0.5) is 5.69 Å². The number of aromatic nitrogens is 3. The maximum Gasteiger partial charge on any atom is 0.344 e. The highest BCUT2D eigenvalue weighted by Crippen LogP contribution is 2.25. The molecule has 3 rings (SSSR count). The van der Waals surface area contributed by atoms with Crippen molar-refractivity contribution in [3.05, 3.63) is 53.0 Å². The number of carbonyl (C=O) groups is 2. The second-order valence-electron chi connectivity index (χ2n) is 6.12. The lowest BCUT2D eigenvalue weighted by Gasteiger charge is -2.07. The van der Waals surface area contributed by atoms with Crippen molar-refractivity contribution < 1.29 is 18.8 Å². The van der Waals surface area contributed by atoms with Crippen molar-refractivity contribution in [2.75, 3.05) is 11.9 Å². The Bertz CT molecular complexity index is 989. The molecular weight excluding hydrogens is 348 g/mol. The number of anilines is 1. The first-order chi connectivity index (χ1) is 12.9. The molecular formula is C19H20N4O4. The highest BCUT2D eigenvalue weighted by Gasteiger charge is 2.24. The highest BCUT2D eigenvalue weighted by atomic mass is 16.5. The van der Waals surface area contributed by atoms with E-state index < -0.39 is 18.5 Å². The molecule has 0 aliphatic heterocycles. The van der Waals surface area contributed by atoms with Crippen molar-refractivity contribution in [2.45, 2.75) is 20.8 Å². The summed E-state index contributed by atoms with van der Waals surface area (Å²) in [6.45, 7) is 4.83. The molecule has 1 aromatic carbocycles. The normalized spacial score (nSPS) is 10.7. The fourth-order valence-corrected chi connectivity index (χ4v) is 2.74. The van der Waals surface area contributed by atoms with Crippen molar-refractivity contribution in [1.82, 2.24) is 14.9 Å². The average molecular weight is 368 g/mol. The number of aryl methyl sites for hydroxylation is 3. The van der Waals surface area contributed by atoms with Crippen molar-refractivity contribution in [3.8, 4) is 11.3 Å². The molecule has 0 saturated carbocycles. The standard InChI is InChI=1S/C19H20N4O4/c1-11-17(12(2)23(4)21-11)20-15(24)10-26-19(25)16-13(3)27-22-18(16)14-8-6-5-7-9-14/h5-9H,10H2,1-4H3,(H,20,24). The molecule has 2 aromatic heterocycles. The van der Waals surface area contributed by atoms with Crippen molar-refractivity contribution in [3.63, 3.8) is 0 Å². The van der Waals surface area contributed by atoms with Crippen LogP contribution in [-0.2, 0) is 16.6 Å². The van der Waals surface area contributed by atoms with E-state index in [0.29, 0.717) is 22.8 Å². The molecule has 0 aliphatic rings. The SMILES string of the molecule is Cc1nn(C)c(C)c1NC(=O)COC(=O)c1c(-c2ccccc2)noc1C. The fourth-order valence-electron chi connectivity index (χ4n) is 2.74. The first kappa shape index (κ1) is 18.4. The zero-order valence-electron chi connectivity index (χ0n) is 15.6. The maximum atomic E-state index is 12.5. The van der Waals surface area contributed by atoms with Gasteiger partial charge < -0.3 is 14.6 Å². The summed E-state index contributed by atoms with van der Waals surface area (Å²) in [6.07, 6.45) is 0. The lowest BCUT2D eigenvalue weighted by atomic mass is 10.1. The minimum absolute atomic E-state index is 0.211. The maximum absolute atomic E-state index is 12.5. The first-order valence-corrected chi connectivity index (χ1v) is 8.37. The van der Waals surface area contributed by atoms with Gasteiger partial charge in [-0.2, -0.15) is 5.10 Å². The Kier molecular flexibility index (Phi) is 5.07. The number of rotatable bonds is 5. The lowest BCUT2D eigenvalue weighted by Crippen LogP contribution is -2.22. The van der Waals surface area contributed by atoms with Gasteiger partial charge in [0.15, 0.2) is 6.61 Å². The van der Waals surface area contributed by atoms with Crippen LogP contribution in [-0.4, -0.2) is 33.4 Å². The highest BCUT2D eigenvalue weighted by molar-refractivity contribution is 5.99. The van der Waals surface area contributed by atoms with Crippen molar-refractivity contribution >= 4 is 17.6 Å². The van der Waals surface area contributed by atoms with E-state index in [2.05, 4.69) is 15.6 Å². The van der Waals surface area contributed by atoms with Crippen LogP contribution in [0, 0.1) is 20.8 Å². The molecule has 0 fully saturated rings. The number of carbonyl (C=O) groups excluding carboxylic acids is 2. The summed E-state index contributed by atoms with van der Waals surface area (Å²) >= 11 is 0. The average Bonchev–Trinajstić information content (AvgIpc) is 3.15. The van der Waals surface area contributed by atoms with Gasteiger partial charge in [-0.1, -0.05) is 35.5 Å². The summed E-state index contributed by atoms with van der Waals surface area (Å²) in [6, 6.07) is 9.16. The third kappa shape index (κ3) is 3.74. The van der Waals surface area contributed by atoms with Crippen molar-refractivity contribution in [1.29, 1.82) is 0 Å². The zero-order valence-corrected chi connectivity index (χ0v) is 15.6. The Balaban J connectivity index is 1.70. The molecule has 0 unspecified atom stereocenters. The molecule has 1 amide bonds. The number of nitrogens with zero attached hydrogens (tertiary/aromatic N) is 3. The van der Waals surface area contributed by atoms with Crippen LogP contribution in [0.25, 0.3) is 11.3 Å². The van der Waals surface area contributed by atoms with E-state index >= 15 is 0 Å². The molecule has 1 N–H and O–H groups in total. The predicted octanol–water partition coefficient (Wildman–Crippen LogP) is 2.80. The molecule has 0 radical (unpaired) electrons. The first-order valence-electron chi connectivity index (χ1n) is 8.37. The summed E-state index contributed by atoms with van der Waals surface area (Å²) in [5.41, 5.74) is 3.45. The molecule has 3 aromatic rings. The van der Waals surface area contributed by atoms with Gasteiger partial charge in [-0.3, -0.25) is 9.48 Å². The number of nitrogens with one attached hydrogen (secondary N) is 1. The van der Waals surface area contributed by atoms with Crippen LogP contribution in [0.2, 0.25) is 0 Å². The third-order valence-electron chi connectivity index (χ3n) is 4.22. The van der Waals surface area contributed by atoms with Gasteiger partial charge in [-0.15, -0.1) is 0 Å². The minimum Gasteiger partial charge on any atom is -0.452 e. The fraction of sp³-hybridized carbons (Fsp3) is 0.263. The van der Waals surface area contributed by atoms with E-state index in [4.69, 9.17) is 9.26 Å². The molecule has 8 heteroatoms. The van der Waals surface area contributed by atoms with Gasteiger partial charge in [-0.05, 0) is 20.8 Å². The van der Waals surface area contributed by atoms with Gasteiger partial charge >= 0.3 is 5.97 Å². The van der Waals surface area contributed by atoms with Crippen LogP contribution in [0.1, 0.15) is 27.5 Å². The molecule has 0 spiro atoms. The van der Waals surface area contributed by atoms with Gasteiger partial charge in [-0.25, -0.2) is 4.79 Å². The predicted molar refractivity (Wildman–Crippen MR) is 98.3 cm³/mol. The molecule has 2 heterocycles. The van der Waals surface area contributed by atoms with Gasteiger partial charge in [0.1, 0.15) is 17.0 Å².